The lowest BCUT2D eigenvalue weighted by molar-refractivity contribution is 0.276. The SMILES string of the molecule is Cc1ccc(-c2cc(CO)nn2-c2ccc(F)cc2)cc1. The quantitative estimate of drug-likeness (QED) is 0.798. The van der Waals surface area contributed by atoms with Crippen molar-refractivity contribution in [2.45, 2.75) is 13.5 Å². The zero-order valence-corrected chi connectivity index (χ0v) is 11.6. The zero-order valence-electron chi connectivity index (χ0n) is 11.6. The molecule has 0 radical (unpaired) electrons. The maximum Gasteiger partial charge on any atom is 0.123 e. The largest absolute Gasteiger partial charge is 0.390 e. The molecule has 0 saturated carbocycles. The van der Waals surface area contributed by atoms with E-state index in [1.165, 1.54) is 17.7 Å². The number of benzene rings is 2. The van der Waals surface area contributed by atoms with E-state index < -0.39 is 0 Å². The topological polar surface area (TPSA) is 38.1 Å². The van der Waals surface area contributed by atoms with Gasteiger partial charge in [-0.3, -0.25) is 0 Å². The molecular formula is C17H15FN2O. The summed E-state index contributed by atoms with van der Waals surface area (Å²) in [5.41, 5.74) is 4.37. The van der Waals surface area contributed by atoms with Gasteiger partial charge in [0.25, 0.3) is 0 Å². The highest BCUT2D eigenvalue weighted by Crippen LogP contribution is 2.24. The average Bonchev–Trinajstić information content (AvgIpc) is 2.93. The third kappa shape index (κ3) is 2.71. The fourth-order valence-electron chi connectivity index (χ4n) is 2.22. The molecule has 0 saturated heterocycles. The lowest BCUT2D eigenvalue weighted by Gasteiger charge is -2.08. The molecule has 2 aromatic carbocycles. The fraction of sp³-hybridized carbons (Fsp3) is 0.118. The molecule has 21 heavy (non-hydrogen) atoms. The molecule has 3 aromatic rings. The van der Waals surface area contributed by atoms with Crippen molar-refractivity contribution >= 4 is 0 Å². The van der Waals surface area contributed by atoms with Crippen molar-refractivity contribution in [3.05, 3.63) is 71.7 Å². The first-order valence-corrected chi connectivity index (χ1v) is 6.70. The molecule has 1 heterocycles. The van der Waals surface area contributed by atoms with Crippen molar-refractivity contribution in [1.29, 1.82) is 0 Å². The second kappa shape index (κ2) is 5.50. The van der Waals surface area contributed by atoms with Crippen molar-refractivity contribution in [3.8, 4) is 16.9 Å². The molecule has 0 atom stereocenters. The number of nitrogens with zero attached hydrogens (tertiary/aromatic N) is 2. The summed E-state index contributed by atoms with van der Waals surface area (Å²) in [6.07, 6.45) is 0. The second-order valence-corrected chi connectivity index (χ2v) is 4.93. The smallest absolute Gasteiger partial charge is 0.123 e. The summed E-state index contributed by atoms with van der Waals surface area (Å²) in [5.74, 6) is -0.287. The lowest BCUT2D eigenvalue weighted by Crippen LogP contribution is -2.00. The van der Waals surface area contributed by atoms with Gasteiger partial charge in [0, 0.05) is 5.56 Å². The van der Waals surface area contributed by atoms with Gasteiger partial charge >= 0.3 is 0 Å². The Morgan fingerprint density at radius 1 is 1.05 bits per heavy atom. The third-order valence-electron chi connectivity index (χ3n) is 3.34. The molecular weight excluding hydrogens is 267 g/mol. The Morgan fingerprint density at radius 3 is 2.33 bits per heavy atom. The number of aliphatic hydroxyl groups excluding tert-OH is 1. The van der Waals surface area contributed by atoms with Crippen LogP contribution in [0.5, 0.6) is 0 Å². The number of rotatable bonds is 3. The van der Waals surface area contributed by atoms with Gasteiger partial charge in [0.2, 0.25) is 0 Å². The molecule has 106 valence electrons. The van der Waals surface area contributed by atoms with E-state index in [4.69, 9.17) is 0 Å². The maximum absolute atomic E-state index is 13.1. The zero-order chi connectivity index (χ0) is 14.8. The summed E-state index contributed by atoms with van der Waals surface area (Å²) in [6.45, 7) is 1.90. The van der Waals surface area contributed by atoms with Crippen LogP contribution in [-0.2, 0) is 6.61 Å². The van der Waals surface area contributed by atoms with Gasteiger partial charge in [0.15, 0.2) is 0 Å². The summed E-state index contributed by atoms with van der Waals surface area (Å²) in [7, 11) is 0. The van der Waals surface area contributed by atoms with E-state index in [0.29, 0.717) is 5.69 Å². The number of aliphatic hydroxyl groups is 1. The standard InChI is InChI=1S/C17H15FN2O/c1-12-2-4-13(5-3-12)17-10-15(11-21)19-20(17)16-8-6-14(18)7-9-16/h2-10,21H,11H2,1H3. The van der Waals surface area contributed by atoms with Crippen molar-refractivity contribution < 1.29 is 9.50 Å². The van der Waals surface area contributed by atoms with Crippen molar-refractivity contribution in [2.75, 3.05) is 0 Å². The Labute approximate surface area is 122 Å². The first kappa shape index (κ1) is 13.5. The van der Waals surface area contributed by atoms with E-state index in [2.05, 4.69) is 5.10 Å². The van der Waals surface area contributed by atoms with E-state index in [1.54, 1.807) is 16.8 Å². The third-order valence-corrected chi connectivity index (χ3v) is 3.34. The second-order valence-electron chi connectivity index (χ2n) is 4.93. The summed E-state index contributed by atoms with van der Waals surface area (Å²) >= 11 is 0. The predicted octanol–water partition coefficient (Wildman–Crippen LogP) is 3.48. The van der Waals surface area contributed by atoms with Gasteiger partial charge in [-0.05, 0) is 37.3 Å². The Bertz CT molecular complexity index is 682. The van der Waals surface area contributed by atoms with Gasteiger partial charge in [-0.25, -0.2) is 9.07 Å². The molecule has 0 aliphatic carbocycles. The van der Waals surface area contributed by atoms with Gasteiger partial charge in [-0.15, -0.1) is 0 Å². The number of aromatic nitrogens is 2. The molecule has 3 rings (SSSR count). The Balaban J connectivity index is 2.13. The van der Waals surface area contributed by atoms with Gasteiger partial charge in [-0.2, -0.15) is 5.10 Å². The van der Waals surface area contributed by atoms with Gasteiger partial charge in [-0.1, -0.05) is 29.8 Å². The van der Waals surface area contributed by atoms with E-state index in [-0.39, 0.29) is 12.4 Å². The minimum Gasteiger partial charge on any atom is -0.390 e. The van der Waals surface area contributed by atoms with Crippen LogP contribution in [0.4, 0.5) is 4.39 Å². The minimum absolute atomic E-state index is 0.132. The van der Waals surface area contributed by atoms with Gasteiger partial charge in [0.05, 0.1) is 23.7 Å². The molecule has 0 unspecified atom stereocenters. The van der Waals surface area contributed by atoms with Crippen LogP contribution < -0.4 is 0 Å². The number of halogens is 1. The first-order valence-electron chi connectivity index (χ1n) is 6.70. The summed E-state index contributed by atoms with van der Waals surface area (Å²) in [6, 6.07) is 16.0. The summed E-state index contributed by atoms with van der Waals surface area (Å²) < 4.78 is 14.8. The van der Waals surface area contributed by atoms with Crippen LogP contribution in [0.3, 0.4) is 0 Å². The van der Waals surface area contributed by atoms with Gasteiger partial charge < -0.3 is 5.11 Å². The Hall–Kier alpha value is -2.46. The molecule has 0 aliphatic heterocycles. The molecule has 0 aliphatic rings. The highest BCUT2D eigenvalue weighted by atomic mass is 19.1. The highest BCUT2D eigenvalue weighted by Gasteiger charge is 2.11. The van der Waals surface area contributed by atoms with Crippen LogP contribution in [0.15, 0.2) is 54.6 Å². The maximum atomic E-state index is 13.1. The van der Waals surface area contributed by atoms with Crippen LogP contribution in [0.1, 0.15) is 11.3 Å². The van der Waals surface area contributed by atoms with Crippen molar-refractivity contribution in [2.24, 2.45) is 0 Å². The number of hydrogen-bond acceptors (Lipinski definition) is 2. The normalized spacial score (nSPS) is 10.8. The van der Waals surface area contributed by atoms with Crippen LogP contribution in [-0.4, -0.2) is 14.9 Å². The molecule has 1 aromatic heterocycles. The van der Waals surface area contributed by atoms with E-state index >= 15 is 0 Å². The van der Waals surface area contributed by atoms with Crippen LogP contribution >= 0.6 is 0 Å². The van der Waals surface area contributed by atoms with Crippen LogP contribution in [0, 0.1) is 12.7 Å². The molecule has 0 bridgehead atoms. The van der Waals surface area contributed by atoms with Crippen molar-refractivity contribution in [1.82, 2.24) is 9.78 Å². The molecule has 1 N–H and O–H groups in total. The van der Waals surface area contributed by atoms with Crippen molar-refractivity contribution in [3.63, 3.8) is 0 Å². The Kier molecular flexibility index (Phi) is 3.54. The number of aryl methyl sites for hydroxylation is 1. The molecule has 0 spiro atoms. The predicted molar refractivity (Wildman–Crippen MR) is 79.6 cm³/mol. The monoisotopic (exact) mass is 282 g/mol. The first-order chi connectivity index (χ1) is 10.2. The Morgan fingerprint density at radius 2 is 1.71 bits per heavy atom. The van der Waals surface area contributed by atoms with E-state index in [0.717, 1.165) is 16.9 Å². The summed E-state index contributed by atoms with van der Waals surface area (Å²) in [5, 5.41) is 13.7. The van der Waals surface area contributed by atoms with Crippen LogP contribution in [0.2, 0.25) is 0 Å². The lowest BCUT2D eigenvalue weighted by atomic mass is 10.1. The summed E-state index contributed by atoms with van der Waals surface area (Å²) in [4.78, 5) is 0. The minimum atomic E-state index is -0.287. The molecule has 0 fully saturated rings. The van der Waals surface area contributed by atoms with E-state index in [1.807, 2.05) is 37.3 Å². The van der Waals surface area contributed by atoms with E-state index in [9.17, 15) is 9.50 Å². The van der Waals surface area contributed by atoms with Gasteiger partial charge in [0.1, 0.15) is 5.82 Å². The highest BCUT2D eigenvalue weighted by molar-refractivity contribution is 5.63. The average molecular weight is 282 g/mol. The number of hydrogen-bond donors (Lipinski definition) is 1. The molecule has 0 amide bonds. The molecule has 4 heteroatoms. The fourth-order valence-corrected chi connectivity index (χ4v) is 2.22. The van der Waals surface area contributed by atoms with Crippen LogP contribution in [0.25, 0.3) is 16.9 Å². The molecule has 3 nitrogen and oxygen atoms in total.